The highest BCUT2D eigenvalue weighted by Crippen LogP contribution is 2.13. The van der Waals surface area contributed by atoms with E-state index in [9.17, 15) is 4.79 Å². The van der Waals surface area contributed by atoms with Crippen LogP contribution in [0.5, 0.6) is 0 Å². The number of amides is 1. The van der Waals surface area contributed by atoms with Crippen LogP contribution in [0.3, 0.4) is 0 Å². The van der Waals surface area contributed by atoms with E-state index >= 15 is 0 Å². The Kier molecular flexibility index (Phi) is 6.13. The van der Waals surface area contributed by atoms with Gasteiger partial charge in [0.2, 0.25) is 5.91 Å². The fraction of sp³-hybridized carbons (Fsp3) is 0.333. The molecule has 1 aliphatic rings. The summed E-state index contributed by atoms with van der Waals surface area (Å²) in [5, 5.41) is 12.5. The number of hydrogen-bond donors (Lipinski definition) is 1. The number of aliphatic imine (C=N–C) groups is 1. The van der Waals surface area contributed by atoms with Crippen molar-refractivity contribution in [3.8, 4) is 0 Å². The molecule has 0 aliphatic carbocycles. The molecule has 9 heteroatoms. The smallest absolute Gasteiger partial charge is 0.242 e. The third-order valence-electron chi connectivity index (χ3n) is 5.13. The standard InChI is InChI=1S/C21H24ClN7O/c1-23-21(24-10-9-19-26-25-18-4-2-3-11-29(18)19)28-13-12-27(20(30)15-28)14-16-5-7-17(22)8-6-16/h2-8,11H,9-10,12-15H2,1H3,(H,23,24). The quantitative estimate of drug-likeness (QED) is 0.498. The van der Waals surface area contributed by atoms with Gasteiger partial charge < -0.3 is 15.1 Å². The lowest BCUT2D eigenvalue weighted by atomic mass is 10.2. The predicted molar refractivity (Wildman–Crippen MR) is 116 cm³/mol. The minimum atomic E-state index is 0.0857. The van der Waals surface area contributed by atoms with Crippen LogP contribution in [-0.4, -0.2) is 69.5 Å². The van der Waals surface area contributed by atoms with Crippen LogP contribution in [-0.2, 0) is 17.8 Å². The van der Waals surface area contributed by atoms with Crippen LogP contribution in [0.4, 0.5) is 0 Å². The van der Waals surface area contributed by atoms with Gasteiger partial charge in [0.05, 0.1) is 6.54 Å². The largest absolute Gasteiger partial charge is 0.356 e. The number of piperazine rings is 1. The molecule has 0 unspecified atom stereocenters. The highest BCUT2D eigenvalue weighted by molar-refractivity contribution is 6.30. The molecule has 156 valence electrons. The maximum atomic E-state index is 12.7. The monoisotopic (exact) mass is 425 g/mol. The number of pyridine rings is 1. The second-order valence-corrected chi connectivity index (χ2v) is 7.57. The van der Waals surface area contributed by atoms with Crippen molar-refractivity contribution in [3.63, 3.8) is 0 Å². The molecule has 1 fully saturated rings. The third-order valence-corrected chi connectivity index (χ3v) is 5.38. The average Bonchev–Trinajstić information content (AvgIpc) is 3.17. The molecular formula is C21H24ClN7O. The van der Waals surface area contributed by atoms with Crippen molar-refractivity contribution in [2.45, 2.75) is 13.0 Å². The number of nitrogens with one attached hydrogen (secondary N) is 1. The molecule has 4 rings (SSSR count). The molecule has 1 aliphatic heterocycles. The number of carbonyl (C=O) groups excluding carboxylic acids is 1. The van der Waals surface area contributed by atoms with E-state index < -0.39 is 0 Å². The van der Waals surface area contributed by atoms with Crippen LogP contribution >= 0.6 is 11.6 Å². The molecule has 0 atom stereocenters. The first-order valence-corrected chi connectivity index (χ1v) is 10.3. The molecule has 1 aromatic carbocycles. The fourth-order valence-electron chi connectivity index (χ4n) is 3.55. The summed E-state index contributed by atoms with van der Waals surface area (Å²) >= 11 is 5.94. The zero-order valence-electron chi connectivity index (χ0n) is 16.8. The third kappa shape index (κ3) is 4.54. The molecule has 30 heavy (non-hydrogen) atoms. The average molecular weight is 426 g/mol. The molecule has 8 nitrogen and oxygen atoms in total. The van der Waals surface area contributed by atoms with Crippen molar-refractivity contribution in [1.82, 2.24) is 29.7 Å². The molecule has 2 aromatic heterocycles. The normalized spacial score (nSPS) is 15.1. The summed E-state index contributed by atoms with van der Waals surface area (Å²) < 4.78 is 1.98. The number of halogens is 1. The lowest BCUT2D eigenvalue weighted by Crippen LogP contribution is -2.55. The Labute approximate surface area is 180 Å². The minimum absolute atomic E-state index is 0.0857. The number of fused-ring (bicyclic) bond motifs is 1. The summed E-state index contributed by atoms with van der Waals surface area (Å²) in [5.74, 6) is 1.70. The first-order valence-electron chi connectivity index (χ1n) is 9.90. The lowest BCUT2D eigenvalue weighted by molar-refractivity contribution is -0.135. The molecular weight excluding hydrogens is 402 g/mol. The zero-order valence-corrected chi connectivity index (χ0v) is 17.6. The van der Waals surface area contributed by atoms with Gasteiger partial charge in [0.15, 0.2) is 11.6 Å². The van der Waals surface area contributed by atoms with Crippen LogP contribution in [0.2, 0.25) is 5.02 Å². The van der Waals surface area contributed by atoms with E-state index in [0.29, 0.717) is 37.6 Å². The number of benzene rings is 1. The number of rotatable bonds is 5. The summed E-state index contributed by atoms with van der Waals surface area (Å²) in [6.45, 7) is 2.93. The van der Waals surface area contributed by atoms with Gasteiger partial charge in [-0.2, -0.15) is 0 Å². The zero-order chi connectivity index (χ0) is 20.9. The predicted octanol–water partition coefficient (Wildman–Crippen LogP) is 1.84. The molecule has 1 saturated heterocycles. The molecule has 0 bridgehead atoms. The van der Waals surface area contributed by atoms with Gasteiger partial charge in [-0.05, 0) is 29.8 Å². The van der Waals surface area contributed by atoms with Gasteiger partial charge in [0.1, 0.15) is 5.82 Å². The Balaban J connectivity index is 1.30. The van der Waals surface area contributed by atoms with E-state index in [1.165, 1.54) is 0 Å². The van der Waals surface area contributed by atoms with E-state index in [1.807, 2.05) is 62.9 Å². The number of hydrogen-bond acceptors (Lipinski definition) is 4. The summed E-state index contributed by atoms with van der Waals surface area (Å²) in [6.07, 6.45) is 2.66. The second kappa shape index (κ2) is 9.13. The SMILES string of the molecule is CN=C(NCCc1nnc2ccccn12)N1CCN(Cc2ccc(Cl)cc2)C(=O)C1. The van der Waals surface area contributed by atoms with Gasteiger partial charge in [-0.3, -0.25) is 14.2 Å². The lowest BCUT2D eigenvalue weighted by Gasteiger charge is -2.36. The Bertz CT molecular complexity index is 1050. The van der Waals surface area contributed by atoms with E-state index in [4.69, 9.17) is 11.6 Å². The van der Waals surface area contributed by atoms with Gasteiger partial charge in [-0.1, -0.05) is 29.8 Å². The number of guanidine groups is 1. The molecule has 1 amide bonds. The topological polar surface area (TPSA) is 78.1 Å². The van der Waals surface area contributed by atoms with E-state index in [1.54, 1.807) is 7.05 Å². The van der Waals surface area contributed by atoms with Crippen LogP contribution in [0, 0.1) is 0 Å². The number of aromatic nitrogens is 3. The first kappa shape index (κ1) is 20.2. The molecule has 0 radical (unpaired) electrons. The van der Waals surface area contributed by atoms with Crippen LogP contribution in [0.25, 0.3) is 5.65 Å². The van der Waals surface area contributed by atoms with E-state index in [0.717, 1.165) is 29.5 Å². The van der Waals surface area contributed by atoms with Gasteiger partial charge in [0.25, 0.3) is 0 Å². The van der Waals surface area contributed by atoms with Crippen molar-refractivity contribution in [2.24, 2.45) is 4.99 Å². The maximum Gasteiger partial charge on any atom is 0.242 e. The Hall–Kier alpha value is -3.13. The molecule has 0 saturated carbocycles. The molecule has 0 spiro atoms. The van der Waals surface area contributed by atoms with E-state index in [2.05, 4.69) is 20.5 Å². The van der Waals surface area contributed by atoms with Gasteiger partial charge in [-0.15, -0.1) is 10.2 Å². The molecule has 1 N–H and O–H groups in total. The van der Waals surface area contributed by atoms with Crippen LogP contribution in [0.1, 0.15) is 11.4 Å². The van der Waals surface area contributed by atoms with E-state index in [-0.39, 0.29) is 5.91 Å². The molecule has 3 heterocycles. The van der Waals surface area contributed by atoms with Crippen molar-refractivity contribution in [3.05, 3.63) is 65.1 Å². The minimum Gasteiger partial charge on any atom is -0.356 e. The summed E-state index contributed by atoms with van der Waals surface area (Å²) in [4.78, 5) is 20.9. The first-order chi connectivity index (χ1) is 14.6. The van der Waals surface area contributed by atoms with Crippen molar-refractivity contribution in [2.75, 3.05) is 33.2 Å². The van der Waals surface area contributed by atoms with Gasteiger partial charge in [0, 0.05) is 50.9 Å². The summed E-state index contributed by atoms with van der Waals surface area (Å²) in [5.41, 5.74) is 1.91. The van der Waals surface area contributed by atoms with Crippen LogP contribution in [0.15, 0.2) is 53.7 Å². The summed E-state index contributed by atoms with van der Waals surface area (Å²) in [6, 6.07) is 13.4. The highest BCUT2D eigenvalue weighted by Gasteiger charge is 2.26. The van der Waals surface area contributed by atoms with Gasteiger partial charge >= 0.3 is 0 Å². The Morgan fingerprint density at radius 2 is 2.00 bits per heavy atom. The van der Waals surface area contributed by atoms with Gasteiger partial charge in [-0.25, -0.2) is 0 Å². The Morgan fingerprint density at radius 1 is 1.17 bits per heavy atom. The van der Waals surface area contributed by atoms with Crippen molar-refractivity contribution in [1.29, 1.82) is 0 Å². The number of carbonyl (C=O) groups is 1. The molecule has 3 aromatic rings. The van der Waals surface area contributed by atoms with Crippen molar-refractivity contribution >= 4 is 29.1 Å². The second-order valence-electron chi connectivity index (χ2n) is 7.13. The fourth-order valence-corrected chi connectivity index (χ4v) is 3.67. The Morgan fingerprint density at radius 3 is 2.77 bits per heavy atom. The maximum absolute atomic E-state index is 12.7. The number of nitrogens with zero attached hydrogens (tertiary/aromatic N) is 6. The highest BCUT2D eigenvalue weighted by atomic mass is 35.5. The van der Waals surface area contributed by atoms with Crippen molar-refractivity contribution < 1.29 is 4.79 Å². The van der Waals surface area contributed by atoms with Crippen LogP contribution < -0.4 is 5.32 Å². The summed E-state index contributed by atoms with van der Waals surface area (Å²) in [7, 11) is 1.74.